The summed E-state index contributed by atoms with van der Waals surface area (Å²) in [5, 5.41) is 8.74. The Kier molecular flexibility index (Phi) is 4.80. The number of sulfonamides is 1. The Balaban J connectivity index is 3.08. The van der Waals surface area contributed by atoms with Gasteiger partial charge in [-0.3, -0.25) is 9.78 Å². The second kappa shape index (κ2) is 5.92. The molecule has 0 atom stereocenters. The Bertz CT molecular complexity index is 510. The van der Waals surface area contributed by atoms with E-state index in [-0.39, 0.29) is 11.4 Å². The Morgan fingerprint density at radius 3 is 2.56 bits per heavy atom. The maximum absolute atomic E-state index is 12.2. The quantitative estimate of drug-likeness (QED) is 0.830. The summed E-state index contributed by atoms with van der Waals surface area (Å²) in [6, 6.07) is 3.01. The van der Waals surface area contributed by atoms with Crippen molar-refractivity contribution in [1.29, 1.82) is 0 Å². The number of rotatable bonds is 6. The van der Waals surface area contributed by atoms with Crippen LogP contribution in [0.15, 0.2) is 23.2 Å². The molecule has 0 aliphatic heterocycles. The van der Waals surface area contributed by atoms with Crippen molar-refractivity contribution in [2.24, 2.45) is 0 Å². The van der Waals surface area contributed by atoms with Crippen molar-refractivity contribution in [1.82, 2.24) is 9.29 Å². The zero-order valence-electron chi connectivity index (χ0n) is 10.3. The molecular weight excluding hydrogens is 256 g/mol. The van der Waals surface area contributed by atoms with Crippen LogP contribution in [0.1, 0.15) is 19.0 Å². The van der Waals surface area contributed by atoms with Gasteiger partial charge in [0.15, 0.2) is 0 Å². The van der Waals surface area contributed by atoms with E-state index in [2.05, 4.69) is 4.98 Å². The third kappa shape index (κ3) is 3.51. The molecule has 18 heavy (non-hydrogen) atoms. The van der Waals surface area contributed by atoms with E-state index in [4.69, 9.17) is 5.11 Å². The molecular formula is C11H16N2O4S. The minimum absolute atomic E-state index is 0.0165. The van der Waals surface area contributed by atoms with Crippen molar-refractivity contribution in [3.63, 3.8) is 0 Å². The molecule has 0 saturated carbocycles. The van der Waals surface area contributed by atoms with Gasteiger partial charge in [-0.1, -0.05) is 6.92 Å². The fraction of sp³-hybridized carbons (Fsp3) is 0.455. The minimum Gasteiger partial charge on any atom is -0.480 e. The highest BCUT2D eigenvalue weighted by molar-refractivity contribution is 7.89. The maximum Gasteiger partial charge on any atom is 0.318 e. The lowest BCUT2D eigenvalue weighted by Gasteiger charge is -2.19. The van der Waals surface area contributed by atoms with E-state index in [0.717, 1.165) is 4.31 Å². The highest BCUT2D eigenvalue weighted by Crippen LogP contribution is 2.15. The van der Waals surface area contributed by atoms with Gasteiger partial charge >= 0.3 is 5.97 Å². The van der Waals surface area contributed by atoms with Gasteiger partial charge in [0.2, 0.25) is 10.0 Å². The molecule has 100 valence electrons. The molecule has 0 radical (unpaired) electrons. The molecule has 1 N–H and O–H groups in total. The summed E-state index contributed by atoms with van der Waals surface area (Å²) in [5.41, 5.74) is 0.703. The molecule has 7 heteroatoms. The molecule has 1 rings (SSSR count). The first kappa shape index (κ1) is 14.6. The van der Waals surface area contributed by atoms with Crippen molar-refractivity contribution < 1.29 is 18.3 Å². The summed E-state index contributed by atoms with van der Waals surface area (Å²) in [4.78, 5) is 14.6. The SMILES string of the molecule is CCCN(CC(=O)O)S(=O)(=O)c1ccc(C)nc1. The van der Waals surface area contributed by atoms with Crippen LogP contribution < -0.4 is 0 Å². The van der Waals surface area contributed by atoms with Gasteiger partial charge in [0, 0.05) is 18.4 Å². The highest BCUT2D eigenvalue weighted by atomic mass is 32.2. The molecule has 0 spiro atoms. The van der Waals surface area contributed by atoms with E-state index < -0.39 is 22.5 Å². The van der Waals surface area contributed by atoms with Gasteiger partial charge in [-0.25, -0.2) is 8.42 Å². The number of nitrogens with zero attached hydrogens (tertiary/aromatic N) is 2. The molecule has 1 aromatic rings. The first-order chi connectivity index (χ1) is 8.37. The van der Waals surface area contributed by atoms with Crippen molar-refractivity contribution >= 4 is 16.0 Å². The summed E-state index contributed by atoms with van der Waals surface area (Å²) in [6.07, 6.45) is 1.79. The maximum atomic E-state index is 12.2. The van der Waals surface area contributed by atoms with E-state index in [1.54, 1.807) is 19.9 Å². The number of hydrogen-bond donors (Lipinski definition) is 1. The second-order valence-corrected chi connectivity index (χ2v) is 5.81. The Morgan fingerprint density at radius 1 is 1.44 bits per heavy atom. The summed E-state index contributed by atoms with van der Waals surface area (Å²) < 4.78 is 25.3. The topological polar surface area (TPSA) is 87.6 Å². The Labute approximate surface area is 106 Å². The van der Waals surface area contributed by atoms with Crippen LogP contribution in [0.5, 0.6) is 0 Å². The third-order valence-corrected chi connectivity index (χ3v) is 4.14. The summed E-state index contributed by atoms with van der Waals surface area (Å²) in [7, 11) is -3.79. The summed E-state index contributed by atoms with van der Waals surface area (Å²) in [6.45, 7) is 3.17. The number of aliphatic carboxylic acids is 1. The normalized spacial score (nSPS) is 11.7. The van der Waals surface area contributed by atoms with Gasteiger partial charge in [-0.05, 0) is 25.5 Å². The number of aromatic nitrogens is 1. The first-order valence-corrected chi connectivity index (χ1v) is 6.96. The van der Waals surface area contributed by atoms with Crippen LogP contribution in [-0.4, -0.2) is 41.9 Å². The summed E-state index contributed by atoms with van der Waals surface area (Å²) >= 11 is 0. The molecule has 0 amide bonds. The Hall–Kier alpha value is -1.47. The molecule has 1 aromatic heterocycles. The van der Waals surface area contributed by atoms with Crippen LogP contribution in [0.3, 0.4) is 0 Å². The number of aryl methyl sites for hydroxylation is 1. The van der Waals surface area contributed by atoms with Crippen LogP contribution in [0, 0.1) is 6.92 Å². The number of hydrogen-bond acceptors (Lipinski definition) is 4. The van der Waals surface area contributed by atoms with E-state index in [1.807, 2.05) is 0 Å². The lowest BCUT2D eigenvalue weighted by Crippen LogP contribution is -2.36. The first-order valence-electron chi connectivity index (χ1n) is 5.52. The van der Waals surface area contributed by atoms with E-state index in [0.29, 0.717) is 12.1 Å². The van der Waals surface area contributed by atoms with E-state index >= 15 is 0 Å². The van der Waals surface area contributed by atoms with Gasteiger partial charge < -0.3 is 5.11 Å². The standard InChI is InChI=1S/C11H16N2O4S/c1-3-6-13(8-11(14)15)18(16,17)10-5-4-9(2)12-7-10/h4-5,7H,3,6,8H2,1-2H3,(H,14,15). The smallest absolute Gasteiger partial charge is 0.318 e. The zero-order valence-corrected chi connectivity index (χ0v) is 11.1. The zero-order chi connectivity index (χ0) is 13.8. The van der Waals surface area contributed by atoms with E-state index in [1.165, 1.54) is 12.3 Å². The van der Waals surface area contributed by atoms with Crippen molar-refractivity contribution in [3.8, 4) is 0 Å². The van der Waals surface area contributed by atoms with Gasteiger partial charge in [0.1, 0.15) is 11.4 Å². The van der Waals surface area contributed by atoms with Gasteiger partial charge in [0.05, 0.1) is 0 Å². The van der Waals surface area contributed by atoms with Crippen LogP contribution >= 0.6 is 0 Å². The predicted molar refractivity (Wildman–Crippen MR) is 65.7 cm³/mol. The minimum atomic E-state index is -3.79. The van der Waals surface area contributed by atoms with Crippen molar-refractivity contribution in [2.75, 3.05) is 13.1 Å². The van der Waals surface area contributed by atoms with Gasteiger partial charge in [-0.15, -0.1) is 0 Å². The number of carbonyl (C=O) groups is 1. The van der Waals surface area contributed by atoms with Gasteiger partial charge in [-0.2, -0.15) is 4.31 Å². The van der Waals surface area contributed by atoms with Crippen molar-refractivity contribution in [3.05, 3.63) is 24.0 Å². The van der Waals surface area contributed by atoms with Crippen molar-refractivity contribution in [2.45, 2.75) is 25.2 Å². The lowest BCUT2D eigenvalue weighted by atomic mass is 10.4. The molecule has 0 aromatic carbocycles. The average Bonchev–Trinajstić information content (AvgIpc) is 2.28. The fourth-order valence-corrected chi connectivity index (χ4v) is 2.87. The number of carboxylic acid groups (broad SMARTS) is 1. The average molecular weight is 272 g/mol. The molecule has 0 unspecified atom stereocenters. The molecule has 0 aliphatic rings. The lowest BCUT2D eigenvalue weighted by molar-refractivity contribution is -0.137. The van der Waals surface area contributed by atoms with Gasteiger partial charge in [0.25, 0.3) is 0 Å². The highest BCUT2D eigenvalue weighted by Gasteiger charge is 2.25. The molecule has 0 aliphatic carbocycles. The fourth-order valence-electron chi connectivity index (χ4n) is 1.44. The van der Waals surface area contributed by atoms with Crippen LogP contribution in [0.25, 0.3) is 0 Å². The molecule has 0 bridgehead atoms. The summed E-state index contributed by atoms with van der Waals surface area (Å²) in [5.74, 6) is -1.17. The monoisotopic (exact) mass is 272 g/mol. The Morgan fingerprint density at radius 2 is 2.11 bits per heavy atom. The van der Waals surface area contributed by atoms with Crippen LogP contribution in [0.2, 0.25) is 0 Å². The van der Waals surface area contributed by atoms with E-state index in [9.17, 15) is 13.2 Å². The third-order valence-electron chi connectivity index (χ3n) is 2.31. The molecule has 1 heterocycles. The molecule has 0 saturated heterocycles. The molecule has 6 nitrogen and oxygen atoms in total. The van der Waals surface area contributed by atoms with Crippen LogP contribution in [0.4, 0.5) is 0 Å². The number of carboxylic acids is 1. The largest absolute Gasteiger partial charge is 0.480 e. The number of pyridine rings is 1. The second-order valence-electron chi connectivity index (χ2n) is 3.87. The predicted octanol–water partition coefficient (Wildman–Crippen LogP) is 0.875. The molecule has 0 fully saturated rings. The van der Waals surface area contributed by atoms with Crippen LogP contribution in [-0.2, 0) is 14.8 Å².